The number of carboxylic acid groups (broad SMARTS) is 1. The minimum atomic E-state index is -0.929. The first kappa shape index (κ1) is 11.1. The van der Waals surface area contributed by atoms with Crippen LogP contribution in [0.5, 0.6) is 0 Å². The van der Waals surface area contributed by atoms with E-state index in [9.17, 15) is 4.79 Å². The van der Waals surface area contributed by atoms with Crippen molar-refractivity contribution in [2.45, 2.75) is 31.2 Å². The lowest BCUT2D eigenvalue weighted by Gasteiger charge is -2.21. The molecule has 0 radical (unpaired) electrons. The second-order valence-electron chi connectivity index (χ2n) is 3.95. The summed E-state index contributed by atoms with van der Waals surface area (Å²) in [7, 11) is 0. The van der Waals surface area contributed by atoms with Crippen molar-refractivity contribution in [2.75, 3.05) is 6.26 Å². The Kier molecular flexibility index (Phi) is 2.89. The first-order valence-electron chi connectivity index (χ1n) is 4.23. The number of carbonyl (C=O) groups is 1. The Morgan fingerprint density at radius 3 is 2.50 bits per heavy atom. The van der Waals surface area contributed by atoms with Crippen LogP contribution in [0.15, 0.2) is 11.1 Å². The molecule has 0 aromatic carbocycles. The molecule has 0 amide bonds. The Morgan fingerprint density at radius 1 is 1.57 bits per heavy atom. The van der Waals surface area contributed by atoms with Gasteiger partial charge in [0, 0.05) is 0 Å². The Hall–Kier alpha value is -0.970. The quantitative estimate of drug-likeness (QED) is 0.766. The molecule has 78 valence electrons. The van der Waals surface area contributed by atoms with Crippen molar-refractivity contribution in [3.63, 3.8) is 0 Å². The highest BCUT2D eigenvalue weighted by Gasteiger charge is 2.24. The standard InChI is InChI=1S/C9H14N2O2S/c1-9(2,3)11-7(8(12)13)6(14-4)5-10-11/h5H,1-4H3,(H,12,13). The molecule has 0 spiro atoms. The maximum atomic E-state index is 11.0. The number of thioether (sulfide) groups is 1. The van der Waals surface area contributed by atoms with Gasteiger partial charge in [-0.2, -0.15) is 5.10 Å². The van der Waals surface area contributed by atoms with E-state index in [4.69, 9.17) is 5.11 Å². The minimum Gasteiger partial charge on any atom is -0.476 e. The molecule has 14 heavy (non-hydrogen) atoms. The van der Waals surface area contributed by atoms with Crippen LogP contribution in [0, 0.1) is 0 Å². The highest BCUT2D eigenvalue weighted by Crippen LogP contribution is 2.24. The summed E-state index contributed by atoms with van der Waals surface area (Å²) in [5.74, 6) is -0.929. The van der Waals surface area contributed by atoms with E-state index in [1.807, 2.05) is 27.0 Å². The Bertz CT molecular complexity index is 352. The zero-order chi connectivity index (χ0) is 10.9. The predicted octanol–water partition coefficient (Wildman–Crippen LogP) is 2.06. The first-order valence-corrected chi connectivity index (χ1v) is 5.46. The molecule has 0 aliphatic rings. The molecule has 0 saturated carbocycles. The minimum absolute atomic E-state index is 0.269. The zero-order valence-corrected chi connectivity index (χ0v) is 9.55. The maximum absolute atomic E-state index is 11.0. The number of carboxylic acids is 1. The molecule has 1 aromatic heterocycles. The lowest BCUT2D eigenvalue weighted by molar-refractivity contribution is 0.0670. The van der Waals surface area contributed by atoms with Crippen LogP contribution < -0.4 is 0 Å². The molecule has 0 fully saturated rings. The van der Waals surface area contributed by atoms with E-state index < -0.39 is 5.97 Å². The summed E-state index contributed by atoms with van der Waals surface area (Å²) in [6, 6.07) is 0. The normalized spacial score (nSPS) is 11.7. The van der Waals surface area contributed by atoms with Crippen LogP contribution in [0.3, 0.4) is 0 Å². The van der Waals surface area contributed by atoms with Crippen molar-refractivity contribution in [1.82, 2.24) is 9.78 Å². The van der Waals surface area contributed by atoms with Crippen LogP contribution in [0.2, 0.25) is 0 Å². The average Bonchev–Trinajstić information content (AvgIpc) is 2.45. The number of hydrogen-bond donors (Lipinski definition) is 1. The molecule has 1 heterocycles. The third kappa shape index (κ3) is 1.92. The van der Waals surface area contributed by atoms with E-state index in [-0.39, 0.29) is 11.2 Å². The molecule has 0 aliphatic carbocycles. The molecule has 0 aliphatic heterocycles. The molecule has 1 rings (SSSR count). The summed E-state index contributed by atoms with van der Waals surface area (Å²) >= 11 is 1.40. The molecular formula is C9H14N2O2S. The average molecular weight is 214 g/mol. The molecule has 0 bridgehead atoms. The van der Waals surface area contributed by atoms with Gasteiger partial charge in [-0.05, 0) is 27.0 Å². The van der Waals surface area contributed by atoms with E-state index in [0.29, 0.717) is 4.90 Å². The van der Waals surface area contributed by atoms with Gasteiger partial charge in [0.15, 0.2) is 5.69 Å². The van der Waals surface area contributed by atoms with Crippen molar-refractivity contribution in [3.8, 4) is 0 Å². The largest absolute Gasteiger partial charge is 0.476 e. The fourth-order valence-corrected chi connectivity index (χ4v) is 1.71. The van der Waals surface area contributed by atoms with Gasteiger partial charge in [0.05, 0.1) is 16.6 Å². The van der Waals surface area contributed by atoms with E-state index >= 15 is 0 Å². The molecule has 0 unspecified atom stereocenters. The van der Waals surface area contributed by atoms with Crippen LogP contribution in [0.4, 0.5) is 0 Å². The smallest absolute Gasteiger partial charge is 0.355 e. The Balaban J connectivity index is 3.32. The predicted molar refractivity (Wildman–Crippen MR) is 56.0 cm³/mol. The second kappa shape index (κ2) is 3.65. The monoisotopic (exact) mass is 214 g/mol. The van der Waals surface area contributed by atoms with E-state index in [1.54, 1.807) is 10.9 Å². The van der Waals surface area contributed by atoms with Gasteiger partial charge in [0.25, 0.3) is 0 Å². The number of hydrogen-bond acceptors (Lipinski definition) is 3. The number of nitrogens with zero attached hydrogens (tertiary/aromatic N) is 2. The van der Waals surface area contributed by atoms with Gasteiger partial charge in [-0.3, -0.25) is 4.68 Å². The molecule has 0 saturated heterocycles. The summed E-state index contributed by atoms with van der Waals surface area (Å²) in [6.07, 6.45) is 3.44. The highest BCUT2D eigenvalue weighted by molar-refractivity contribution is 7.98. The highest BCUT2D eigenvalue weighted by atomic mass is 32.2. The summed E-state index contributed by atoms with van der Waals surface area (Å²) in [5.41, 5.74) is -0.0353. The zero-order valence-electron chi connectivity index (χ0n) is 8.74. The van der Waals surface area contributed by atoms with Crippen LogP contribution in [-0.2, 0) is 5.54 Å². The van der Waals surface area contributed by atoms with E-state index in [2.05, 4.69) is 5.10 Å². The van der Waals surface area contributed by atoms with Crippen LogP contribution in [0.1, 0.15) is 31.3 Å². The van der Waals surface area contributed by atoms with Crippen LogP contribution >= 0.6 is 11.8 Å². The molecule has 4 nitrogen and oxygen atoms in total. The third-order valence-electron chi connectivity index (χ3n) is 1.79. The molecular weight excluding hydrogens is 200 g/mol. The fourth-order valence-electron chi connectivity index (χ4n) is 1.19. The lowest BCUT2D eigenvalue weighted by atomic mass is 10.1. The molecule has 0 atom stereocenters. The Morgan fingerprint density at radius 2 is 2.14 bits per heavy atom. The molecule has 1 N–H and O–H groups in total. The van der Waals surface area contributed by atoms with Gasteiger partial charge < -0.3 is 5.11 Å². The number of rotatable bonds is 2. The van der Waals surface area contributed by atoms with Crippen LogP contribution in [-0.4, -0.2) is 27.1 Å². The summed E-state index contributed by atoms with van der Waals surface area (Å²) < 4.78 is 1.54. The van der Waals surface area contributed by atoms with E-state index in [1.165, 1.54) is 11.8 Å². The summed E-state index contributed by atoms with van der Waals surface area (Å²) in [4.78, 5) is 11.7. The third-order valence-corrected chi connectivity index (χ3v) is 2.53. The molecule has 1 aromatic rings. The number of aromatic carboxylic acids is 1. The van der Waals surface area contributed by atoms with Crippen molar-refractivity contribution in [3.05, 3.63) is 11.9 Å². The van der Waals surface area contributed by atoms with Crippen molar-refractivity contribution < 1.29 is 9.90 Å². The summed E-state index contributed by atoms with van der Waals surface area (Å²) in [5, 5.41) is 13.2. The van der Waals surface area contributed by atoms with Gasteiger partial charge in [-0.1, -0.05) is 0 Å². The maximum Gasteiger partial charge on any atom is 0.355 e. The first-order chi connectivity index (χ1) is 6.38. The van der Waals surface area contributed by atoms with Crippen molar-refractivity contribution >= 4 is 17.7 Å². The fraction of sp³-hybridized carbons (Fsp3) is 0.556. The van der Waals surface area contributed by atoms with E-state index in [0.717, 1.165) is 0 Å². The Labute approximate surface area is 87.3 Å². The van der Waals surface area contributed by atoms with Gasteiger partial charge in [0.1, 0.15) is 0 Å². The van der Waals surface area contributed by atoms with Gasteiger partial charge in [-0.15, -0.1) is 11.8 Å². The lowest BCUT2D eigenvalue weighted by Crippen LogP contribution is -2.27. The topological polar surface area (TPSA) is 55.1 Å². The van der Waals surface area contributed by atoms with Gasteiger partial charge in [0.2, 0.25) is 0 Å². The van der Waals surface area contributed by atoms with Crippen molar-refractivity contribution in [1.29, 1.82) is 0 Å². The number of aromatic nitrogens is 2. The SMILES string of the molecule is CSc1cnn(C(C)(C)C)c1C(=O)O. The molecule has 5 heteroatoms. The van der Waals surface area contributed by atoms with Crippen molar-refractivity contribution in [2.24, 2.45) is 0 Å². The van der Waals surface area contributed by atoms with Gasteiger partial charge >= 0.3 is 5.97 Å². The van der Waals surface area contributed by atoms with Gasteiger partial charge in [-0.25, -0.2) is 4.79 Å². The second-order valence-corrected chi connectivity index (χ2v) is 4.80. The summed E-state index contributed by atoms with van der Waals surface area (Å²) in [6.45, 7) is 5.78. The van der Waals surface area contributed by atoms with Crippen LogP contribution in [0.25, 0.3) is 0 Å².